The molecule has 4 heteroatoms. The molecule has 1 spiro atoms. The fraction of sp³-hybridized carbons (Fsp3) is 1.00. The summed E-state index contributed by atoms with van der Waals surface area (Å²) in [5.74, 6) is -0.266. The van der Waals surface area contributed by atoms with Crippen LogP contribution in [0, 0.1) is 0 Å². The van der Waals surface area contributed by atoms with E-state index in [0.717, 1.165) is 45.2 Å². The monoisotopic (exact) mass is 282 g/mol. The lowest BCUT2D eigenvalue weighted by atomic mass is 9.84. The van der Waals surface area contributed by atoms with Gasteiger partial charge in [0, 0.05) is 31.0 Å². The number of ether oxygens (including phenoxy) is 2. The SMILES string of the molecule is CCCNC1CCC2(CC1N(CC)C1CC1)OCCO2. The van der Waals surface area contributed by atoms with Crippen LogP contribution in [0.25, 0.3) is 0 Å². The number of likely N-dealkylation sites (N-methyl/N-ethyl adjacent to an activating group) is 1. The van der Waals surface area contributed by atoms with Crippen molar-refractivity contribution in [3.63, 3.8) is 0 Å². The lowest BCUT2D eigenvalue weighted by Crippen LogP contribution is -2.58. The summed E-state index contributed by atoms with van der Waals surface area (Å²) in [7, 11) is 0. The molecule has 2 atom stereocenters. The summed E-state index contributed by atoms with van der Waals surface area (Å²) in [4.78, 5) is 2.71. The lowest BCUT2D eigenvalue weighted by Gasteiger charge is -2.46. The number of hydrogen-bond acceptors (Lipinski definition) is 4. The molecule has 2 aliphatic carbocycles. The predicted octanol–water partition coefficient (Wildman–Crippen LogP) is 2.13. The number of nitrogens with zero attached hydrogens (tertiary/aromatic N) is 1. The molecule has 116 valence electrons. The zero-order valence-electron chi connectivity index (χ0n) is 13.1. The van der Waals surface area contributed by atoms with Gasteiger partial charge in [-0.3, -0.25) is 4.90 Å². The first-order valence-electron chi connectivity index (χ1n) is 8.55. The standard InChI is InChI=1S/C16H30N2O2/c1-3-9-17-14-7-8-16(19-10-11-20-16)12-15(14)18(4-2)13-5-6-13/h13-15,17H,3-12H2,1-2H3. The van der Waals surface area contributed by atoms with Gasteiger partial charge in [0.1, 0.15) is 0 Å². The van der Waals surface area contributed by atoms with Crippen LogP contribution in [0.4, 0.5) is 0 Å². The molecule has 1 heterocycles. The van der Waals surface area contributed by atoms with E-state index in [1.54, 1.807) is 0 Å². The summed E-state index contributed by atoms with van der Waals surface area (Å²) < 4.78 is 12.0. The van der Waals surface area contributed by atoms with Crippen molar-refractivity contribution in [3.05, 3.63) is 0 Å². The largest absolute Gasteiger partial charge is 0.347 e. The van der Waals surface area contributed by atoms with Gasteiger partial charge >= 0.3 is 0 Å². The van der Waals surface area contributed by atoms with Gasteiger partial charge < -0.3 is 14.8 Å². The van der Waals surface area contributed by atoms with Gasteiger partial charge in [-0.05, 0) is 38.8 Å². The Morgan fingerprint density at radius 2 is 1.90 bits per heavy atom. The van der Waals surface area contributed by atoms with Crippen molar-refractivity contribution in [3.8, 4) is 0 Å². The van der Waals surface area contributed by atoms with Crippen LogP contribution in [0.2, 0.25) is 0 Å². The molecule has 20 heavy (non-hydrogen) atoms. The fourth-order valence-electron chi connectivity index (χ4n) is 3.98. The minimum atomic E-state index is -0.266. The molecule has 0 amide bonds. The van der Waals surface area contributed by atoms with Gasteiger partial charge in [0.25, 0.3) is 0 Å². The van der Waals surface area contributed by atoms with E-state index >= 15 is 0 Å². The van der Waals surface area contributed by atoms with Crippen LogP contribution in [-0.2, 0) is 9.47 Å². The van der Waals surface area contributed by atoms with Gasteiger partial charge in [-0.25, -0.2) is 0 Å². The summed E-state index contributed by atoms with van der Waals surface area (Å²) in [6, 6.07) is 1.99. The first-order chi connectivity index (χ1) is 9.78. The van der Waals surface area contributed by atoms with E-state index in [0.29, 0.717) is 12.1 Å². The third-order valence-electron chi connectivity index (χ3n) is 5.10. The molecule has 1 saturated heterocycles. The molecule has 0 aromatic heterocycles. The van der Waals surface area contributed by atoms with Crippen LogP contribution in [0.3, 0.4) is 0 Å². The van der Waals surface area contributed by atoms with Gasteiger partial charge in [-0.15, -0.1) is 0 Å². The van der Waals surface area contributed by atoms with Crippen LogP contribution < -0.4 is 5.32 Å². The Hall–Kier alpha value is -0.160. The zero-order valence-corrected chi connectivity index (χ0v) is 13.1. The van der Waals surface area contributed by atoms with Crippen molar-refractivity contribution in [2.75, 3.05) is 26.3 Å². The molecule has 0 aromatic rings. The molecule has 0 aromatic carbocycles. The van der Waals surface area contributed by atoms with E-state index in [1.165, 1.54) is 25.7 Å². The summed E-state index contributed by atoms with van der Waals surface area (Å²) in [6.07, 6.45) is 7.22. The third kappa shape index (κ3) is 3.03. The van der Waals surface area contributed by atoms with E-state index in [9.17, 15) is 0 Å². The molecule has 1 aliphatic heterocycles. The fourth-order valence-corrected chi connectivity index (χ4v) is 3.98. The Labute approximate surface area is 123 Å². The highest BCUT2D eigenvalue weighted by Gasteiger charge is 2.48. The number of nitrogens with one attached hydrogen (secondary N) is 1. The zero-order chi connectivity index (χ0) is 14.0. The van der Waals surface area contributed by atoms with Crippen LogP contribution in [0.1, 0.15) is 52.4 Å². The van der Waals surface area contributed by atoms with Crippen molar-refractivity contribution >= 4 is 0 Å². The Kier molecular flexibility index (Phi) is 4.65. The maximum absolute atomic E-state index is 5.98. The van der Waals surface area contributed by atoms with Crippen molar-refractivity contribution < 1.29 is 9.47 Å². The van der Waals surface area contributed by atoms with E-state index in [1.807, 2.05) is 0 Å². The van der Waals surface area contributed by atoms with E-state index in [4.69, 9.17) is 9.47 Å². The summed E-state index contributed by atoms with van der Waals surface area (Å²) in [6.45, 7) is 8.36. The highest BCUT2D eigenvalue weighted by Crippen LogP contribution is 2.40. The third-order valence-corrected chi connectivity index (χ3v) is 5.10. The summed E-state index contributed by atoms with van der Waals surface area (Å²) in [5.41, 5.74) is 0. The second-order valence-electron chi connectivity index (χ2n) is 6.54. The minimum absolute atomic E-state index is 0.266. The topological polar surface area (TPSA) is 33.7 Å². The van der Waals surface area contributed by atoms with Gasteiger partial charge in [0.15, 0.2) is 5.79 Å². The summed E-state index contributed by atoms with van der Waals surface area (Å²) >= 11 is 0. The Morgan fingerprint density at radius 1 is 1.15 bits per heavy atom. The van der Waals surface area contributed by atoms with E-state index in [2.05, 4.69) is 24.1 Å². The average molecular weight is 282 g/mol. The predicted molar refractivity (Wildman–Crippen MR) is 79.8 cm³/mol. The Morgan fingerprint density at radius 3 is 2.50 bits per heavy atom. The molecule has 4 nitrogen and oxygen atoms in total. The van der Waals surface area contributed by atoms with Gasteiger partial charge in [-0.2, -0.15) is 0 Å². The van der Waals surface area contributed by atoms with Crippen molar-refractivity contribution in [1.29, 1.82) is 0 Å². The average Bonchev–Trinajstić information content (AvgIpc) is 3.20. The molecule has 3 fully saturated rings. The van der Waals surface area contributed by atoms with Crippen LogP contribution in [0.5, 0.6) is 0 Å². The molecule has 1 N–H and O–H groups in total. The minimum Gasteiger partial charge on any atom is -0.347 e. The van der Waals surface area contributed by atoms with E-state index < -0.39 is 0 Å². The molecule has 2 unspecified atom stereocenters. The van der Waals surface area contributed by atoms with Gasteiger partial charge in [0.2, 0.25) is 0 Å². The van der Waals surface area contributed by atoms with Crippen LogP contribution in [0.15, 0.2) is 0 Å². The lowest BCUT2D eigenvalue weighted by molar-refractivity contribution is -0.193. The van der Waals surface area contributed by atoms with Crippen LogP contribution in [-0.4, -0.2) is 55.1 Å². The second kappa shape index (κ2) is 6.30. The molecule has 0 radical (unpaired) electrons. The van der Waals surface area contributed by atoms with E-state index in [-0.39, 0.29) is 5.79 Å². The molecule has 3 aliphatic rings. The first-order valence-corrected chi connectivity index (χ1v) is 8.55. The highest BCUT2D eigenvalue weighted by molar-refractivity contribution is 5.00. The van der Waals surface area contributed by atoms with Crippen molar-refractivity contribution in [2.45, 2.75) is 76.3 Å². The molecule has 3 rings (SSSR count). The Balaban J connectivity index is 1.70. The maximum atomic E-state index is 5.98. The highest BCUT2D eigenvalue weighted by atomic mass is 16.7. The molecule has 2 saturated carbocycles. The summed E-state index contributed by atoms with van der Waals surface area (Å²) in [5, 5.41) is 3.77. The Bertz CT molecular complexity index is 314. The molecule has 0 bridgehead atoms. The molecular weight excluding hydrogens is 252 g/mol. The van der Waals surface area contributed by atoms with Crippen LogP contribution >= 0.6 is 0 Å². The number of rotatable bonds is 6. The van der Waals surface area contributed by atoms with Gasteiger partial charge in [0.05, 0.1) is 13.2 Å². The van der Waals surface area contributed by atoms with Gasteiger partial charge in [-0.1, -0.05) is 13.8 Å². The molecular formula is C16H30N2O2. The van der Waals surface area contributed by atoms with Crippen molar-refractivity contribution in [2.24, 2.45) is 0 Å². The maximum Gasteiger partial charge on any atom is 0.170 e. The normalized spacial score (nSPS) is 33.1. The van der Waals surface area contributed by atoms with Crippen molar-refractivity contribution in [1.82, 2.24) is 10.2 Å². The quantitative estimate of drug-likeness (QED) is 0.809. The second-order valence-corrected chi connectivity index (χ2v) is 6.54. The number of hydrogen-bond donors (Lipinski definition) is 1. The first kappa shape index (κ1) is 14.8. The smallest absolute Gasteiger partial charge is 0.170 e.